The number of nitrogens with one attached hydrogen (secondary N) is 1. The quantitative estimate of drug-likeness (QED) is 0.802. The average molecular weight is 253 g/mol. The monoisotopic (exact) mass is 253 g/mol. The summed E-state index contributed by atoms with van der Waals surface area (Å²) in [6, 6.07) is 3.87. The third kappa shape index (κ3) is 2.86. The van der Waals surface area contributed by atoms with Gasteiger partial charge in [0.15, 0.2) is 0 Å². The van der Waals surface area contributed by atoms with Crippen LogP contribution in [0, 0.1) is 5.92 Å². The molecule has 1 atom stereocenters. The summed E-state index contributed by atoms with van der Waals surface area (Å²) < 4.78 is 0. The maximum absolute atomic E-state index is 5.62. The molecule has 1 fully saturated rings. The molecule has 2 rings (SSSR count). The summed E-state index contributed by atoms with van der Waals surface area (Å²) in [5, 5.41) is 3.39. The minimum absolute atomic E-state index is 0.351. The maximum atomic E-state index is 5.62. The molecule has 0 aromatic carbocycles. The van der Waals surface area contributed by atoms with Gasteiger partial charge in [-0.25, -0.2) is 0 Å². The van der Waals surface area contributed by atoms with Crippen LogP contribution in [-0.2, 0) is 0 Å². The highest BCUT2D eigenvalue weighted by Gasteiger charge is 2.15. The Balaban J connectivity index is 2.00. The van der Waals surface area contributed by atoms with Gasteiger partial charge in [-0.1, -0.05) is 12.2 Å². The van der Waals surface area contributed by atoms with Crippen molar-refractivity contribution in [3.63, 3.8) is 0 Å². The molecule has 0 saturated carbocycles. The maximum Gasteiger partial charge on any atom is 0.124 e. The number of aromatic nitrogens is 1. The Morgan fingerprint density at radius 2 is 2.56 bits per heavy atom. The van der Waals surface area contributed by atoms with Crippen molar-refractivity contribution in [3.8, 4) is 0 Å². The molecule has 0 bridgehead atoms. The van der Waals surface area contributed by atoms with Crippen molar-refractivity contribution in [2.75, 3.05) is 23.4 Å². The van der Waals surface area contributed by atoms with E-state index in [1.54, 1.807) is 6.20 Å². The van der Waals surface area contributed by atoms with Gasteiger partial charge < -0.3 is 11.1 Å². The minimum atomic E-state index is 0.351. The molecule has 0 aliphatic carbocycles. The highest BCUT2D eigenvalue weighted by Crippen LogP contribution is 2.24. The number of rotatable bonds is 4. The molecular weight excluding hydrogens is 238 g/mol. The van der Waals surface area contributed by atoms with Crippen LogP contribution in [0.25, 0.3) is 0 Å². The van der Waals surface area contributed by atoms with Crippen LogP contribution in [0.15, 0.2) is 18.3 Å². The Morgan fingerprint density at radius 1 is 1.69 bits per heavy atom. The van der Waals surface area contributed by atoms with Gasteiger partial charge in [0.25, 0.3) is 0 Å². The molecule has 5 heteroatoms. The van der Waals surface area contributed by atoms with Gasteiger partial charge in [-0.05, 0) is 36.0 Å². The first-order chi connectivity index (χ1) is 7.77. The number of pyridine rings is 1. The van der Waals surface area contributed by atoms with Gasteiger partial charge in [0.1, 0.15) is 10.7 Å². The molecule has 0 amide bonds. The summed E-state index contributed by atoms with van der Waals surface area (Å²) in [6.45, 7) is 0.980. The van der Waals surface area contributed by atoms with Crippen LogP contribution in [0.5, 0.6) is 0 Å². The standard InChI is InChI=1S/C11H15N3S2/c12-11(15)10-9(2-1-4-13-10)14-6-8-3-5-16-7-8/h1-2,4,8,14H,3,5-7H2,(H2,12,15). The first-order valence-corrected chi connectivity index (χ1v) is 6.90. The summed E-state index contributed by atoms with van der Waals surface area (Å²) in [6.07, 6.45) is 3.01. The average Bonchev–Trinajstić information content (AvgIpc) is 2.79. The van der Waals surface area contributed by atoms with Gasteiger partial charge in [0, 0.05) is 12.7 Å². The molecule has 86 valence electrons. The molecule has 0 radical (unpaired) electrons. The second kappa shape index (κ2) is 5.50. The normalized spacial score (nSPS) is 19.6. The summed E-state index contributed by atoms with van der Waals surface area (Å²) in [7, 11) is 0. The minimum Gasteiger partial charge on any atom is -0.388 e. The largest absolute Gasteiger partial charge is 0.388 e. The third-order valence-electron chi connectivity index (χ3n) is 2.65. The highest BCUT2D eigenvalue weighted by molar-refractivity contribution is 7.99. The number of thiocarbonyl (C=S) groups is 1. The summed E-state index contributed by atoms with van der Waals surface area (Å²) >= 11 is 6.99. The van der Waals surface area contributed by atoms with E-state index >= 15 is 0 Å². The number of hydrogen-bond donors (Lipinski definition) is 2. The second-order valence-electron chi connectivity index (χ2n) is 3.87. The van der Waals surface area contributed by atoms with Crippen LogP contribution in [0.1, 0.15) is 12.1 Å². The molecule has 1 aromatic rings. The van der Waals surface area contributed by atoms with Crippen molar-refractivity contribution in [1.82, 2.24) is 4.98 Å². The lowest BCUT2D eigenvalue weighted by Crippen LogP contribution is -2.18. The first kappa shape index (κ1) is 11.7. The van der Waals surface area contributed by atoms with Gasteiger partial charge in [-0.2, -0.15) is 11.8 Å². The zero-order valence-electron chi connectivity index (χ0n) is 8.98. The van der Waals surface area contributed by atoms with Crippen LogP contribution in [-0.4, -0.2) is 28.0 Å². The van der Waals surface area contributed by atoms with Crippen LogP contribution in [0.2, 0.25) is 0 Å². The SMILES string of the molecule is NC(=S)c1ncccc1NCC1CCSC1. The van der Waals surface area contributed by atoms with Gasteiger partial charge in [-0.15, -0.1) is 0 Å². The van der Waals surface area contributed by atoms with Crippen LogP contribution < -0.4 is 11.1 Å². The van der Waals surface area contributed by atoms with Crippen molar-refractivity contribution in [3.05, 3.63) is 24.0 Å². The molecule has 1 unspecified atom stereocenters. The van der Waals surface area contributed by atoms with Gasteiger partial charge in [-0.3, -0.25) is 4.98 Å². The predicted octanol–water partition coefficient (Wildman–Crippen LogP) is 1.88. The number of nitrogens with two attached hydrogens (primary N) is 1. The summed E-state index contributed by atoms with van der Waals surface area (Å²) in [5.41, 5.74) is 7.27. The van der Waals surface area contributed by atoms with Crippen molar-refractivity contribution in [1.29, 1.82) is 0 Å². The van der Waals surface area contributed by atoms with Crippen LogP contribution >= 0.6 is 24.0 Å². The van der Waals surface area contributed by atoms with E-state index in [0.717, 1.165) is 18.2 Å². The topological polar surface area (TPSA) is 50.9 Å². The Hall–Kier alpha value is -0.810. The van der Waals surface area contributed by atoms with E-state index in [4.69, 9.17) is 18.0 Å². The predicted molar refractivity (Wildman–Crippen MR) is 74.0 cm³/mol. The van der Waals surface area contributed by atoms with E-state index in [-0.39, 0.29) is 0 Å². The van der Waals surface area contributed by atoms with Crippen molar-refractivity contribution in [2.24, 2.45) is 11.7 Å². The van der Waals surface area contributed by atoms with E-state index < -0.39 is 0 Å². The summed E-state index contributed by atoms with van der Waals surface area (Å²) in [5.74, 6) is 3.28. The van der Waals surface area contributed by atoms with E-state index in [2.05, 4.69) is 10.3 Å². The number of nitrogens with zero attached hydrogens (tertiary/aromatic N) is 1. The van der Waals surface area contributed by atoms with E-state index in [9.17, 15) is 0 Å². The fraction of sp³-hybridized carbons (Fsp3) is 0.455. The lowest BCUT2D eigenvalue weighted by molar-refractivity contribution is 0.631. The van der Waals surface area contributed by atoms with Crippen molar-refractivity contribution < 1.29 is 0 Å². The Bertz CT molecular complexity index is 375. The summed E-state index contributed by atoms with van der Waals surface area (Å²) in [4.78, 5) is 4.54. The van der Waals surface area contributed by atoms with Gasteiger partial charge in [0.2, 0.25) is 0 Å². The van der Waals surface area contributed by atoms with Gasteiger partial charge >= 0.3 is 0 Å². The molecule has 2 heterocycles. The van der Waals surface area contributed by atoms with E-state index in [1.807, 2.05) is 23.9 Å². The zero-order chi connectivity index (χ0) is 11.4. The highest BCUT2D eigenvalue weighted by atomic mass is 32.2. The smallest absolute Gasteiger partial charge is 0.124 e. The molecular formula is C11H15N3S2. The fourth-order valence-electron chi connectivity index (χ4n) is 1.74. The van der Waals surface area contributed by atoms with Crippen LogP contribution in [0.4, 0.5) is 5.69 Å². The van der Waals surface area contributed by atoms with E-state index in [1.165, 1.54) is 17.9 Å². The molecule has 3 nitrogen and oxygen atoms in total. The lowest BCUT2D eigenvalue weighted by atomic mass is 10.1. The molecule has 0 spiro atoms. The molecule has 1 aliphatic heterocycles. The lowest BCUT2D eigenvalue weighted by Gasteiger charge is -2.13. The molecule has 1 aliphatic rings. The number of anilines is 1. The number of thioether (sulfide) groups is 1. The molecule has 1 aromatic heterocycles. The van der Waals surface area contributed by atoms with Gasteiger partial charge in [0.05, 0.1) is 5.69 Å². The van der Waals surface area contributed by atoms with Crippen molar-refractivity contribution >= 4 is 34.7 Å². The second-order valence-corrected chi connectivity index (χ2v) is 5.46. The molecule has 3 N–H and O–H groups in total. The Morgan fingerprint density at radius 3 is 3.25 bits per heavy atom. The molecule has 1 saturated heterocycles. The first-order valence-electron chi connectivity index (χ1n) is 5.34. The van der Waals surface area contributed by atoms with E-state index in [0.29, 0.717) is 10.7 Å². The number of hydrogen-bond acceptors (Lipinski definition) is 4. The Labute approximate surface area is 105 Å². The molecule has 16 heavy (non-hydrogen) atoms. The Kier molecular flexibility index (Phi) is 4.01. The zero-order valence-corrected chi connectivity index (χ0v) is 10.6. The van der Waals surface area contributed by atoms with Crippen molar-refractivity contribution in [2.45, 2.75) is 6.42 Å². The van der Waals surface area contributed by atoms with Crippen LogP contribution in [0.3, 0.4) is 0 Å². The fourth-order valence-corrected chi connectivity index (χ4v) is 3.19. The third-order valence-corrected chi connectivity index (χ3v) is 4.07.